The Kier molecular flexibility index (Phi) is 4.28. The lowest BCUT2D eigenvalue weighted by Gasteiger charge is -2.07. The van der Waals surface area contributed by atoms with Crippen molar-refractivity contribution in [3.8, 4) is 0 Å². The third-order valence-corrected chi connectivity index (χ3v) is 4.49. The summed E-state index contributed by atoms with van der Waals surface area (Å²) in [5.41, 5.74) is 2.00. The molecule has 2 N–H and O–H groups in total. The van der Waals surface area contributed by atoms with Crippen molar-refractivity contribution in [3.05, 3.63) is 59.9 Å². The van der Waals surface area contributed by atoms with Gasteiger partial charge in [0.25, 0.3) is 0 Å². The Morgan fingerprint density at radius 2 is 1.62 bits per heavy atom. The van der Waals surface area contributed by atoms with E-state index in [0.717, 1.165) is 18.2 Å². The molecule has 5 nitrogen and oxygen atoms in total. The van der Waals surface area contributed by atoms with Crippen molar-refractivity contribution in [2.24, 2.45) is 5.92 Å². The van der Waals surface area contributed by atoms with E-state index in [9.17, 15) is 17.6 Å². The zero-order chi connectivity index (χ0) is 17.3. The van der Waals surface area contributed by atoms with E-state index in [4.69, 9.17) is 0 Å². The van der Waals surface area contributed by atoms with Crippen LogP contribution in [0.1, 0.15) is 17.9 Å². The maximum atomic E-state index is 12.9. The number of hydrogen-bond acceptors (Lipinski definition) is 3. The van der Waals surface area contributed by atoms with E-state index in [1.807, 2.05) is 0 Å². The van der Waals surface area contributed by atoms with E-state index < -0.39 is 10.0 Å². The van der Waals surface area contributed by atoms with Gasteiger partial charge in [0.15, 0.2) is 0 Å². The maximum Gasteiger partial charge on any atom is 0.229 e. The fourth-order valence-corrected chi connectivity index (χ4v) is 3.20. The number of hydrogen-bond donors (Lipinski definition) is 2. The summed E-state index contributed by atoms with van der Waals surface area (Å²) in [6.45, 7) is 0. The van der Waals surface area contributed by atoms with Gasteiger partial charge in [0.1, 0.15) is 5.82 Å². The molecule has 0 radical (unpaired) electrons. The molecule has 0 aliphatic heterocycles. The molecule has 0 spiro atoms. The van der Waals surface area contributed by atoms with Gasteiger partial charge in [-0.25, -0.2) is 12.8 Å². The molecule has 24 heavy (non-hydrogen) atoms. The third kappa shape index (κ3) is 4.11. The lowest BCUT2D eigenvalue weighted by molar-refractivity contribution is -0.117. The maximum absolute atomic E-state index is 12.9. The molecule has 1 amide bonds. The minimum absolute atomic E-state index is 0.0897. The highest BCUT2D eigenvalue weighted by Crippen LogP contribution is 2.48. The summed E-state index contributed by atoms with van der Waals surface area (Å²) in [5.74, 6) is -0.377. The summed E-state index contributed by atoms with van der Waals surface area (Å²) in [6, 6.07) is 12.7. The number of rotatable bonds is 5. The first-order chi connectivity index (χ1) is 11.3. The van der Waals surface area contributed by atoms with E-state index in [1.54, 1.807) is 36.4 Å². The topological polar surface area (TPSA) is 75.3 Å². The van der Waals surface area contributed by atoms with Crippen LogP contribution < -0.4 is 10.0 Å². The predicted octanol–water partition coefficient (Wildman–Crippen LogP) is 2.94. The molecule has 0 bridgehead atoms. The van der Waals surface area contributed by atoms with Gasteiger partial charge < -0.3 is 5.32 Å². The monoisotopic (exact) mass is 348 g/mol. The van der Waals surface area contributed by atoms with Crippen LogP contribution in [0, 0.1) is 11.7 Å². The van der Waals surface area contributed by atoms with Gasteiger partial charge in [-0.05, 0) is 54.3 Å². The van der Waals surface area contributed by atoms with Crippen LogP contribution in [0.4, 0.5) is 15.8 Å². The van der Waals surface area contributed by atoms with Gasteiger partial charge in [0.05, 0.1) is 6.26 Å². The van der Waals surface area contributed by atoms with Crippen LogP contribution >= 0.6 is 0 Å². The van der Waals surface area contributed by atoms with Gasteiger partial charge in [-0.1, -0.05) is 12.1 Å². The fourth-order valence-electron chi connectivity index (χ4n) is 2.63. The quantitative estimate of drug-likeness (QED) is 0.872. The first-order valence-corrected chi connectivity index (χ1v) is 9.35. The number of halogens is 1. The summed E-state index contributed by atoms with van der Waals surface area (Å²) in [7, 11) is -3.32. The highest BCUT2D eigenvalue weighted by Gasteiger charge is 2.43. The lowest BCUT2D eigenvalue weighted by atomic mass is 10.1. The van der Waals surface area contributed by atoms with Gasteiger partial charge >= 0.3 is 0 Å². The summed E-state index contributed by atoms with van der Waals surface area (Å²) in [4.78, 5) is 12.2. The summed E-state index contributed by atoms with van der Waals surface area (Å²) >= 11 is 0. The Bertz CT molecular complexity index is 848. The molecule has 3 rings (SSSR count). The second kappa shape index (κ2) is 6.24. The number of amides is 1. The molecular formula is C17H17FN2O3S. The second-order valence-corrected chi connectivity index (χ2v) is 7.69. The Morgan fingerprint density at radius 3 is 2.21 bits per heavy atom. The number of benzene rings is 2. The van der Waals surface area contributed by atoms with Crippen LogP contribution in [-0.2, 0) is 14.8 Å². The van der Waals surface area contributed by atoms with E-state index >= 15 is 0 Å². The van der Waals surface area contributed by atoms with Crippen LogP contribution in [0.3, 0.4) is 0 Å². The molecule has 1 saturated carbocycles. The predicted molar refractivity (Wildman–Crippen MR) is 90.8 cm³/mol. The van der Waals surface area contributed by atoms with Gasteiger partial charge in [0, 0.05) is 17.3 Å². The number of carbonyl (C=O) groups is 1. The first kappa shape index (κ1) is 16.4. The van der Waals surface area contributed by atoms with Crippen LogP contribution in [0.15, 0.2) is 48.5 Å². The Hall–Kier alpha value is -2.41. The smallest absolute Gasteiger partial charge is 0.229 e. The number of sulfonamides is 1. The van der Waals surface area contributed by atoms with Crippen molar-refractivity contribution in [1.29, 1.82) is 0 Å². The normalized spacial score (nSPS) is 19.6. The van der Waals surface area contributed by atoms with Crippen molar-refractivity contribution < 1.29 is 17.6 Å². The highest BCUT2D eigenvalue weighted by atomic mass is 32.2. The van der Waals surface area contributed by atoms with Gasteiger partial charge in [-0.3, -0.25) is 9.52 Å². The molecule has 0 saturated heterocycles. The molecular weight excluding hydrogens is 331 g/mol. The van der Waals surface area contributed by atoms with Crippen LogP contribution in [0.2, 0.25) is 0 Å². The standard InChI is InChI=1S/C17H17FN2O3S/c1-24(22,23)20-14-8-6-13(7-9-14)19-17(21)16-10-15(16)11-2-4-12(18)5-3-11/h2-9,15-16,20H,10H2,1H3,(H,19,21)/t15-,16+/m1/s1. The second-order valence-electron chi connectivity index (χ2n) is 5.94. The van der Waals surface area contributed by atoms with Crippen LogP contribution in [0.25, 0.3) is 0 Å². The molecule has 2 aromatic carbocycles. The summed E-state index contributed by atoms with van der Waals surface area (Å²) in [6.07, 6.45) is 1.82. The molecule has 0 aromatic heterocycles. The zero-order valence-electron chi connectivity index (χ0n) is 13.0. The first-order valence-electron chi connectivity index (χ1n) is 7.46. The average molecular weight is 348 g/mol. The van der Waals surface area contributed by atoms with Crippen molar-refractivity contribution in [2.75, 3.05) is 16.3 Å². The molecule has 2 atom stereocenters. The van der Waals surface area contributed by atoms with Crippen LogP contribution in [0.5, 0.6) is 0 Å². The fraction of sp³-hybridized carbons (Fsp3) is 0.235. The molecule has 1 aliphatic carbocycles. The third-order valence-electron chi connectivity index (χ3n) is 3.88. The zero-order valence-corrected chi connectivity index (χ0v) is 13.8. The molecule has 1 fully saturated rings. The SMILES string of the molecule is CS(=O)(=O)Nc1ccc(NC(=O)[C@H]2C[C@@H]2c2ccc(F)cc2)cc1. The molecule has 126 valence electrons. The molecule has 0 unspecified atom stereocenters. The van der Waals surface area contributed by atoms with E-state index in [-0.39, 0.29) is 23.6 Å². The van der Waals surface area contributed by atoms with Gasteiger partial charge in [-0.2, -0.15) is 0 Å². The molecule has 0 heterocycles. The van der Waals surface area contributed by atoms with Crippen molar-refractivity contribution in [1.82, 2.24) is 0 Å². The van der Waals surface area contributed by atoms with E-state index in [1.165, 1.54) is 12.1 Å². The number of carbonyl (C=O) groups excluding carboxylic acids is 1. The molecule has 7 heteroatoms. The lowest BCUT2D eigenvalue weighted by Crippen LogP contribution is -2.14. The van der Waals surface area contributed by atoms with Crippen molar-refractivity contribution in [2.45, 2.75) is 12.3 Å². The van der Waals surface area contributed by atoms with E-state index in [0.29, 0.717) is 11.4 Å². The molecule has 1 aliphatic rings. The molecule has 2 aromatic rings. The number of anilines is 2. The van der Waals surface area contributed by atoms with Crippen molar-refractivity contribution >= 4 is 27.3 Å². The average Bonchev–Trinajstić information content (AvgIpc) is 3.29. The van der Waals surface area contributed by atoms with Crippen molar-refractivity contribution in [3.63, 3.8) is 0 Å². The minimum atomic E-state index is -3.32. The largest absolute Gasteiger partial charge is 0.326 e. The van der Waals surface area contributed by atoms with Gasteiger partial charge in [0.2, 0.25) is 15.9 Å². The number of nitrogens with one attached hydrogen (secondary N) is 2. The Labute approximate surface area is 139 Å². The van der Waals surface area contributed by atoms with Gasteiger partial charge in [-0.15, -0.1) is 0 Å². The minimum Gasteiger partial charge on any atom is -0.326 e. The van der Waals surface area contributed by atoms with E-state index in [2.05, 4.69) is 10.0 Å². The Morgan fingerprint density at radius 1 is 1.04 bits per heavy atom. The Balaban J connectivity index is 1.59. The summed E-state index contributed by atoms with van der Waals surface area (Å²) in [5, 5.41) is 2.81. The highest BCUT2D eigenvalue weighted by molar-refractivity contribution is 7.92. The van der Waals surface area contributed by atoms with Crippen LogP contribution in [-0.4, -0.2) is 20.6 Å². The summed E-state index contributed by atoms with van der Waals surface area (Å²) < 4.78 is 37.6.